The molecular formula is C22H24F2N2O6S. The van der Waals surface area contributed by atoms with E-state index >= 15 is 0 Å². The Bertz CT molecular complexity index is 1120. The van der Waals surface area contributed by atoms with Gasteiger partial charge >= 0.3 is 11.7 Å². The van der Waals surface area contributed by atoms with E-state index in [-0.39, 0.29) is 11.6 Å². The number of halogens is 2. The van der Waals surface area contributed by atoms with Gasteiger partial charge in [-0.2, -0.15) is 8.78 Å². The largest absolute Gasteiger partial charge is 0.454 e. The maximum absolute atomic E-state index is 12.6. The topological polar surface area (TPSA) is 119 Å². The van der Waals surface area contributed by atoms with Crippen molar-refractivity contribution >= 4 is 33.3 Å². The summed E-state index contributed by atoms with van der Waals surface area (Å²) in [6.07, 6.45) is 0. The molecule has 178 valence electrons. The monoisotopic (exact) mass is 482 g/mol. The van der Waals surface area contributed by atoms with E-state index in [1.54, 1.807) is 32.0 Å². The Morgan fingerprint density at radius 2 is 1.67 bits per heavy atom. The van der Waals surface area contributed by atoms with Gasteiger partial charge in [0.15, 0.2) is 6.61 Å². The summed E-state index contributed by atoms with van der Waals surface area (Å²) in [4.78, 5) is 36.4. The number of aryl methyl sites for hydroxylation is 1. The van der Waals surface area contributed by atoms with Crippen LogP contribution < -0.4 is 10.6 Å². The molecule has 0 spiro atoms. The van der Waals surface area contributed by atoms with Gasteiger partial charge in [0.05, 0.1) is 4.90 Å². The lowest BCUT2D eigenvalue weighted by atomic mass is 10.0. The highest BCUT2D eigenvalue weighted by Crippen LogP contribution is 2.20. The van der Waals surface area contributed by atoms with Gasteiger partial charge in [-0.05, 0) is 49.2 Å². The number of carbonyl (C=O) groups excluding carboxylic acids is 3. The van der Waals surface area contributed by atoms with Gasteiger partial charge in [0.25, 0.3) is 11.8 Å². The molecule has 2 aromatic carbocycles. The average molecular weight is 483 g/mol. The molecule has 2 aromatic rings. The predicted octanol–water partition coefficient (Wildman–Crippen LogP) is 2.93. The van der Waals surface area contributed by atoms with Gasteiger partial charge in [-0.1, -0.05) is 31.5 Å². The maximum Gasteiger partial charge on any atom is 0.341 e. The summed E-state index contributed by atoms with van der Waals surface area (Å²) in [5.41, 5.74) is 1.38. The summed E-state index contributed by atoms with van der Waals surface area (Å²) in [7, 11) is -4.74. The van der Waals surface area contributed by atoms with E-state index in [0.29, 0.717) is 5.56 Å². The van der Waals surface area contributed by atoms with Crippen LogP contribution in [0.3, 0.4) is 0 Å². The number of alkyl halides is 2. The lowest BCUT2D eigenvalue weighted by Gasteiger charge is -2.21. The number of rotatable bonds is 9. The number of benzene rings is 2. The molecule has 11 heteroatoms. The van der Waals surface area contributed by atoms with Crippen molar-refractivity contribution in [3.63, 3.8) is 0 Å². The van der Waals surface area contributed by atoms with Crippen molar-refractivity contribution in [2.24, 2.45) is 5.92 Å². The quantitative estimate of drug-likeness (QED) is 0.531. The third-order valence-electron chi connectivity index (χ3n) is 4.53. The minimum Gasteiger partial charge on any atom is -0.454 e. The molecule has 0 aromatic heterocycles. The highest BCUT2D eigenvalue weighted by Gasteiger charge is 2.28. The summed E-state index contributed by atoms with van der Waals surface area (Å²) in [5, 5.41) is 4.96. The fourth-order valence-corrected chi connectivity index (χ4v) is 3.48. The zero-order valence-corrected chi connectivity index (χ0v) is 19.0. The van der Waals surface area contributed by atoms with Crippen LogP contribution in [0.25, 0.3) is 0 Å². The SMILES string of the molecule is Cc1cccc(C(=O)N[C@H](C(=O)OCC(=O)Nc2ccc(S(=O)(=O)C(F)F)cc2)C(C)C)c1. The fourth-order valence-electron chi connectivity index (χ4n) is 2.76. The van der Waals surface area contributed by atoms with E-state index in [4.69, 9.17) is 4.74 Å². The molecule has 0 aliphatic carbocycles. The van der Waals surface area contributed by atoms with Crippen molar-refractivity contribution in [3.8, 4) is 0 Å². The number of esters is 1. The molecule has 0 bridgehead atoms. The van der Waals surface area contributed by atoms with Crippen molar-refractivity contribution in [1.82, 2.24) is 5.32 Å². The first-order valence-electron chi connectivity index (χ1n) is 9.88. The van der Waals surface area contributed by atoms with Gasteiger partial charge in [0.2, 0.25) is 9.84 Å². The Hall–Kier alpha value is -3.34. The van der Waals surface area contributed by atoms with Crippen molar-refractivity contribution in [2.45, 2.75) is 37.5 Å². The summed E-state index contributed by atoms with van der Waals surface area (Å²) >= 11 is 0. The predicted molar refractivity (Wildman–Crippen MR) is 116 cm³/mol. The molecule has 0 heterocycles. The van der Waals surface area contributed by atoms with E-state index in [1.165, 1.54) is 0 Å². The molecule has 0 fully saturated rings. The van der Waals surface area contributed by atoms with Gasteiger partial charge in [-0.15, -0.1) is 0 Å². The first-order chi connectivity index (χ1) is 15.4. The Morgan fingerprint density at radius 3 is 2.21 bits per heavy atom. The number of hydrogen-bond donors (Lipinski definition) is 2. The molecule has 0 saturated carbocycles. The van der Waals surface area contributed by atoms with E-state index in [0.717, 1.165) is 29.8 Å². The van der Waals surface area contributed by atoms with Crippen molar-refractivity contribution in [1.29, 1.82) is 0 Å². The Labute approximate surface area is 190 Å². The molecule has 0 radical (unpaired) electrons. The molecule has 0 unspecified atom stereocenters. The van der Waals surface area contributed by atoms with Gasteiger partial charge in [-0.3, -0.25) is 9.59 Å². The van der Waals surface area contributed by atoms with E-state index < -0.39 is 50.9 Å². The zero-order chi connectivity index (χ0) is 24.8. The number of ether oxygens (including phenoxy) is 1. The minimum atomic E-state index is -4.74. The first-order valence-corrected chi connectivity index (χ1v) is 11.4. The molecule has 0 aliphatic heterocycles. The normalized spacial score (nSPS) is 12.3. The standard InChI is InChI=1S/C22H24F2N2O6S/c1-13(2)19(26-20(28)15-6-4-5-14(3)11-15)21(29)32-12-18(27)25-16-7-9-17(10-8-16)33(30,31)22(23)24/h4-11,13,19,22H,12H2,1-3H3,(H,25,27)(H,26,28)/t19-/m0/s1. The Balaban J connectivity index is 1.94. The van der Waals surface area contributed by atoms with Gasteiger partial charge in [0.1, 0.15) is 6.04 Å². The number of amides is 2. The molecule has 8 nitrogen and oxygen atoms in total. The van der Waals surface area contributed by atoms with Crippen LogP contribution in [-0.4, -0.2) is 44.6 Å². The van der Waals surface area contributed by atoms with Gasteiger partial charge < -0.3 is 15.4 Å². The van der Waals surface area contributed by atoms with Gasteiger partial charge in [-0.25, -0.2) is 13.2 Å². The third kappa shape index (κ3) is 7.07. The number of sulfone groups is 1. The fraction of sp³-hybridized carbons (Fsp3) is 0.318. The third-order valence-corrected chi connectivity index (χ3v) is 5.93. The molecule has 2 rings (SSSR count). The second-order valence-corrected chi connectivity index (χ2v) is 9.47. The molecule has 2 N–H and O–H groups in total. The summed E-state index contributed by atoms with van der Waals surface area (Å²) in [6.45, 7) is 4.57. The average Bonchev–Trinajstić information content (AvgIpc) is 2.75. The van der Waals surface area contributed by atoms with Crippen LogP contribution in [0.1, 0.15) is 29.8 Å². The van der Waals surface area contributed by atoms with E-state index in [9.17, 15) is 31.6 Å². The number of nitrogens with one attached hydrogen (secondary N) is 2. The van der Waals surface area contributed by atoms with Crippen LogP contribution in [-0.2, 0) is 24.2 Å². The summed E-state index contributed by atoms with van der Waals surface area (Å²) in [6, 6.07) is 9.95. The molecule has 0 aliphatic rings. The van der Waals surface area contributed by atoms with Crippen LogP contribution in [0.5, 0.6) is 0 Å². The lowest BCUT2D eigenvalue weighted by molar-refractivity contribution is -0.150. The van der Waals surface area contributed by atoms with Crippen LogP contribution in [0.4, 0.5) is 14.5 Å². The maximum atomic E-state index is 12.6. The van der Waals surface area contributed by atoms with Crippen LogP contribution in [0.2, 0.25) is 0 Å². The van der Waals surface area contributed by atoms with E-state index in [2.05, 4.69) is 10.6 Å². The number of carbonyl (C=O) groups is 3. The molecular weight excluding hydrogens is 458 g/mol. The van der Waals surface area contributed by atoms with Crippen LogP contribution in [0.15, 0.2) is 53.4 Å². The Kier molecular flexibility index (Phi) is 8.63. The highest BCUT2D eigenvalue weighted by molar-refractivity contribution is 7.91. The number of hydrogen-bond acceptors (Lipinski definition) is 6. The van der Waals surface area contributed by atoms with Crippen molar-refractivity contribution in [3.05, 3.63) is 59.7 Å². The molecule has 33 heavy (non-hydrogen) atoms. The van der Waals surface area contributed by atoms with Gasteiger partial charge in [0, 0.05) is 11.3 Å². The van der Waals surface area contributed by atoms with E-state index in [1.807, 2.05) is 13.0 Å². The second kappa shape index (κ2) is 11.0. The summed E-state index contributed by atoms with van der Waals surface area (Å²) < 4.78 is 53.0. The van der Waals surface area contributed by atoms with Crippen molar-refractivity contribution in [2.75, 3.05) is 11.9 Å². The highest BCUT2D eigenvalue weighted by atomic mass is 32.2. The van der Waals surface area contributed by atoms with Crippen LogP contribution >= 0.6 is 0 Å². The summed E-state index contributed by atoms with van der Waals surface area (Å²) in [5.74, 6) is -5.88. The molecule has 0 saturated heterocycles. The Morgan fingerprint density at radius 1 is 1.03 bits per heavy atom. The number of anilines is 1. The lowest BCUT2D eigenvalue weighted by Crippen LogP contribution is -2.46. The second-order valence-electron chi connectivity index (χ2n) is 7.55. The van der Waals surface area contributed by atoms with Crippen molar-refractivity contribution < 1.29 is 36.3 Å². The smallest absolute Gasteiger partial charge is 0.341 e. The first kappa shape index (κ1) is 25.9. The zero-order valence-electron chi connectivity index (χ0n) is 18.2. The molecule has 2 amide bonds. The minimum absolute atomic E-state index is 0.123. The molecule has 1 atom stereocenters. The van der Waals surface area contributed by atoms with Crippen LogP contribution in [0, 0.1) is 12.8 Å².